The third kappa shape index (κ3) is 1.62. The Hall–Kier alpha value is -2.09. The number of aryl methyl sites for hydroxylation is 2. The van der Waals surface area contributed by atoms with Crippen LogP contribution in [0.5, 0.6) is 0 Å². The number of benzene rings is 1. The summed E-state index contributed by atoms with van der Waals surface area (Å²) >= 11 is 0. The Bertz CT molecular complexity index is 666. The average molecular weight is 222 g/mol. The molecule has 84 valence electrons. The molecular formula is C15H14N2. The standard InChI is InChI=1S/C15H14N2/c1-10-5-6-14-13(8-10)11(2)15(17-14)12-4-3-7-16-9-12/h3-9,17H,1-2H3. The van der Waals surface area contributed by atoms with E-state index in [-0.39, 0.29) is 0 Å². The fraction of sp³-hybridized carbons (Fsp3) is 0.133. The molecule has 2 nitrogen and oxygen atoms in total. The molecular weight excluding hydrogens is 208 g/mol. The van der Waals surface area contributed by atoms with Crippen LogP contribution in [0.3, 0.4) is 0 Å². The van der Waals surface area contributed by atoms with Gasteiger partial charge in [-0.1, -0.05) is 11.6 Å². The maximum absolute atomic E-state index is 4.17. The van der Waals surface area contributed by atoms with Gasteiger partial charge in [0.15, 0.2) is 0 Å². The lowest BCUT2D eigenvalue weighted by Crippen LogP contribution is -1.81. The zero-order chi connectivity index (χ0) is 11.8. The summed E-state index contributed by atoms with van der Waals surface area (Å²) < 4.78 is 0. The van der Waals surface area contributed by atoms with E-state index in [1.807, 2.05) is 12.3 Å². The lowest BCUT2D eigenvalue weighted by molar-refractivity contribution is 1.30. The molecule has 1 aromatic carbocycles. The van der Waals surface area contributed by atoms with Gasteiger partial charge in [-0.3, -0.25) is 4.98 Å². The monoisotopic (exact) mass is 222 g/mol. The third-order valence-electron chi connectivity index (χ3n) is 3.16. The predicted octanol–water partition coefficient (Wildman–Crippen LogP) is 3.85. The van der Waals surface area contributed by atoms with Crippen molar-refractivity contribution in [1.82, 2.24) is 9.97 Å². The maximum atomic E-state index is 4.17. The van der Waals surface area contributed by atoms with E-state index in [1.54, 1.807) is 6.20 Å². The second-order valence-electron chi connectivity index (χ2n) is 4.42. The van der Waals surface area contributed by atoms with Crippen molar-refractivity contribution in [3.63, 3.8) is 0 Å². The fourth-order valence-electron chi connectivity index (χ4n) is 2.24. The molecule has 3 aromatic rings. The molecule has 0 fully saturated rings. The van der Waals surface area contributed by atoms with Gasteiger partial charge in [-0.25, -0.2) is 0 Å². The summed E-state index contributed by atoms with van der Waals surface area (Å²) in [6, 6.07) is 10.5. The molecule has 0 aliphatic rings. The molecule has 17 heavy (non-hydrogen) atoms. The van der Waals surface area contributed by atoms with Crippen molar-refractivity contribution >= 4 is 10.9 Å². The van der Waals surface area contributed by atoms with E-state index in [9.17, 15) is 0 Å². The summed E-state index contributed by atoms with van der Waals surface area (Å²) in [4.78, 5) is 7.64. The zero-order valence-electron chi connectivity index (χ0n) is 9.99. The van der Waals surface area contributed by atoms with Crippen molar-refractivity contribution in [2.75, 3.05) is 0 Å². The van der Waals surface area contributed by atoms with Crippen LogP contribution in [-0.4, -0.2) is 9.97 Å². The topological polar surface area (TPSA) is 28.7 Å². The minimum atomic E-state index is 1.14. The van der Waals surface area contributed by atoms with Crippen molar-refractivity contribution in [2.45, 2.75) is 13.8 Å². The predicted molar refractivity (Wildman–Crippen MR) is 71.0 cm³/mol. The molecule has 0 saturated carbocycles. The van der Waals surface area contributed by atoms with E-state index >= 15 is 0 Å². The van der Waals surface area contributed by atoms with Crippen LogP contribution in [0.1, 0.15) is 11.1 Å². The highest BCUT2D eigenvalue weighted by molar-refractivity contribution is 5.90. The number of hydrogen-bond acceptors (Lipinski definition) is 1. The van der Waals surface area contributed by atoms with Crippen LogP contribution in [0.4, 0.5) is 0 Å². The summed E-state index contributed by atoms with van der Waals surface area (Å²) in [6.45, 7) is 4.27. The van der Waals surface area contributed by atoms with Crippen LogP contribution in [0.25, 0.3) is 22.2 Å². The first-order valence-electron chi connectivity index (χ1n) is 5.75. The number of nitrogens with one attached hydrogen (secondary N) is 1. The average Bonchev–Trinajstić information content (AvgIpc) is 2.68. The van der Waals surface area contributed by atoms with Gasteiger partial charge in [-0.05, 0) is 43.7 Å². The zero-order valence-corrected chi connectivity index (χ0v) is 9.99. The molecule has 2 aromatic heterocycles. The Labute approximate surface area is 100 Å². The molecule has 2 heterocycles. The molecule has 0 atom stereocenters. The lowest BCUT2D eigenvalue weighted by atomic mass is 10.1. The van der Waals surface area contributed by atoms with E-state index < -0.39 is 0 Å². The SMILES string of the molecule is Cc1ccc2[nH]c(-c3cccnc3)c(C)c2c1. The summed E-state index contributed by atoms with van der Waals surface area (Å²) in [7, 11) is 0. The highest BCUT2D eigenvalue weighted by atomic mass is 14.7. The molecule has 0 saturated heterocycles. The van der Waals surface area contributed by atoms with Gasteiger partial charge < -0.3 is 4.98 Å². The molecule has 0 amide bonds. The molecule has 0 aliphatic carbocycles. The van der Waals surface area contributed by atoms with E-state index in [1.165, 1.54) is 27.7 Å². The first-order valence-corrected chi connectivity index (χ1v) is 5.75. The van der Waals surface area contributed by atoms with Crippen LogP contribution in [0.15, 0.2) is 42.7 Å². The van der Waals surface area contributed by atoms with Gasteiger partial charge in [0.05, 0.1) is 5.69 Å². The minimum Gasteiger partial charge on any atom is -0.354 e. The molecule has 0 spiro atoms. The summed E-state index contributed by atoms with van der Waals surface area (Å²) in [6.07, 6.45) is 3.69. The maximum Gasteiger partial charge on any atom is 0.0510 e. The Balaban J connectivity index is 2.28. The number of pyridine rings is 1. The fourth-order valence-corrected chi connectivity index (χ4v) is 2.24. The van der Waals surface area contributed by atoms with E-state index in [2.05, 4.69) is 48.1 Å². The highest BCUT2D eigenvalue weighted by Crippen LogP contribution is 2.29. The van der Waals surface area contributed by atoms with Crippen molar-refractivity contribution < 1.29 is 0 Å². The number of hydrogen-bond donors (Lipinski definition) is 1. The largest absolute Gasteiger partial charge is 0.354 e. The van der Waals surface area contributed by atoms with Crippen LogP contribution >= 0.6 is 0 Å². The molecule has 1 N–H and O–H groups in total. The van der Waals surface area contributed by atoms with Crippen LogP contribution in [0, 0.1) is 13.8 Å². The number of H-pyrrole nitrogens is 1. The molecule has 0 unspecified atom stereocenters. The van der Waals surface area contributed by atoms with Gasteiger partial charge in [0.1, 0.15) is 0 Å². The number of nitrogens with zero attached hydrogens (tertiary/aromatic N) is 1. The number of aromatic nitrogens is 2. The van der Waals surface area contributed by atoms with Crippen LogP contribution in [-0.2, 0) is 0 Å². The van der Waals surface area contributed by atoms with Crippen molar-refractivity contribution in [3.05, 3.63) is 53.9 Å². The molecule has 0 bridgehead atoms. The summed E-state index contributed by atoms with van der Waals surface area (Å²) in [5, 5.41) is 1.30. The smallest absolute Gasteiger partial charge is 0.0510 e. The minimum absolute atomic E-state index is 1.14. The van der Waals surface area contributed by atoms with Gasteiger partial charge in [0.25, 0.3) is 0 Å². The van der Waals surface area contributed by atoms with Gasteiger partial charge in [-0.15, -0.1) is 0 Å². The number of aromatic amines is 1. The number of rotatable bonds is 1. The quantitative estimate of drug-likeness (QED) is 0.665. The Morgan fingerprint density at radius 1 is 1.12 bits per heavy atom. The third-order valence-corrected chi connectivity index (χ3v) is 3.16. The Morgan fingerprint density at radius 2 is 2.00 bits per heavy atom. The van der Waals surface area contributed by atoms with Crippen LogP contribution in [0.2, 0.25) is 0 Å². The van der Waals surface area contributed by atoms with Gasteiger partial charge >= 0.3 is 0 Å². The van der Waals surface area contributed by atoms with Crippen molar-refractivity contribution in [1.29, 1.82) is 0 Å². The second-order valence-corrected chi connectivity index (χ2v) is 4.42. The van der Waals surface area contributed by atoms with E-state index in [4.69, 9.17) is 0 Å². The normalized spacial score (nSPS) is 10.9. The van der Waals surface area contributed by atoms with Gasteiger partial charge in [0.2, 0.25) is 0 Å². The number of fused-ring (bicyclic) bond motifs is 1. The molecule has 0 aliphatic heterocycles. The van der Waals surface area contributed by atoms with Gasteiger partial charge in [-0.2, -0.15) is 0 Å². The Kier molecular flexibility index (Phi) is 2.22. The van der Waals surface area contributed by atoms with E-state index in [0.717, 1.165) is 5.56 Å². The van der Waals surface area contributed by atoms with Crippen molar-refractivity contribution in [2.24, 2.45) is 0 Å². The first kappa shape index (κ1) is 10.1. The summed E-state index contributed by atoms with van der Waals surface area (Å²) in [5.41, 5.74) is 6.07. The van der Waals surface area contributed by atoms with Gasteiger partial charge in [0, 0.05) is 28.9 Å². The van der Waals surface area contributed by atoms with Crippen molar-refractivity contribution in [3.8, 4) is 11.3 Å². The highest BCUT2D eigenvalue weighted by Gasteiger charge is 2.09. The van der Waals surface area contributed by atoms with Crippen LogP contribution < -0.4 is 0 Å². The second kappa shape index (κ2) is 3.74. The lowest BCUT2D eigenvalue weighted by Gasteiger charge is -1.98. The first-order chi connectivity index (χ1) is 8.25. The Morgan fingerprint density at radius 3 is 2.76 bits per heavy atom. The molecule has 2 heteroatoms. The van der Waals surface area contributed by atoms with E-state index in [0.29, 0.717) is 0 Å². The molecule has 3 rings (SSSR count). The molecule has 0 radical (unpaired) electrons. The summed E-state index contributed by atoms with van der Waals surface area (Å²) in [5.74, 6) is 0.